The van der Waals surface area contributed by atoms with Gasteiger partial charge in [0.05, 0.1) is 0 Å². The highest BCUT2D eigenvalue weighted by Gasteiger charge is 2.30. The summed E-state index contributed by atoms with van der Waals surface area (Å²) in [6, 6.07) is 0. The minimum atomic E-state index is 0.731. The molecule has 10 heavy (non-hydrogen) atoms. The largest absolute Gasteiger partial charge is 0.0880 e. The van der Waals surface area contributed by atoms with Gasteiger partial charge in [-0.25, -0.2) is 0 Å². The fourth-order valence-corrected chi connectivity index (χ4v) is 1.25. The monoisotopic (exact) mass is 138 g/mol. The van der Waals surface area contributed by atoms with Gasteiger partial charge in [0, 0.05) is 0 Å². The van der Waals surface area contributed by atoms with Crippen LogP contribution in [0.4, 0.5) is 0 Å². The van der Waals surface area contributed by atoms with Crippen molar-refractivity contribution in [3.8, 4) is 0 Å². The van der Waals surface area contributed by atoms with Gasteiger partial charge in [-0.05, 0) is 30.6 Å². The van der Waals surface area contributed by atoms with Gasteiger partial charge in [-0.2, -0.15) is 0 Å². The summed E-state index contributed by atoms with van der Waals surface area (Å²) in [5.41, 5.74) is 0. The second-order valence-corrected chi connectivity index (χ2v) is 3.88. The fraction of sp³-hybridized carbons (Fsp3) is 0.800. The molecule has 1 unspecified atom stereocenters. The average Bonchev–Trinajstić information content (AvgIpc) is 2.46. The lowest BCUT2D eigenvalue weighted by Crippen LogP contribution is -1.79. The van der Waals surface area contributed by atoms with E-state index in [2.05, 4.69) is 32.9 Å². The highest BCUT2D eigenvalue weighted by atomic mass is 14.4. The van der Waals surface area contributed by atoms with Crippen LogP contribution in [0.2, 0.25) is 0 Å². The maximum Gasteiger partial charge on any atom is -0.0290 e. The number of hydrogen-bond acceptors (Lipinski definition) is 0. The third-order valence-corrected chi connectivity index (χ3v) is 2.24. The molecule has 1 aliphatic carbocycles. The molecule has 0 aromatic heterocycles. The number of allylic oxidation sites excluding steroid dienone is 2. The van der Waals surface area contributed by atoms with E-state index in [1.807, 2.05) is 0 Å². The molecule has 2 atom stereocenters. The third-order valence-electron chi connectivity index (χ3n) is 2.24. The summed E-state index contributed by atoms with van der Waals surface area (Å²) in [6.07, 6.45) is 7.44. The highest BCUT2D eigenvalue weighted by Crippen LogP contribution is 2.40. The molecule has 0 saturated heterocycles. The van der Waals surface area contributed by atoms with Crippen molar-refractivity contribution in [3.63, 3.8) is 0 Å². The summed E-state index contributed by atoms with van der Waals surface area (Å²) < 4.78 is 0. The summed E-state index contributed by atoms with van der Waals surface area (Å²) in [5.74, 6) is 2.76. The quantitative estimate of drug-likeness (QED) is 0.525. The lowest BCUT2D eigenvalue weighted by atomic mass is 10.1. The van der Waals surface area contributed by atoms with Crippen molar-refractivity contribution in [3.05, 3.63) is 12.2 Å². The van der Waals surface area contributed by atoms with Crippen LogP contribution in [0.25, 0.3) is 0 Å². The first-order chi connectivity index (χ1) is 4.70. The van der Waals surface area contributed by atoms with Gasteiger partial charge in [0.1, 0.15) is 0 Å². The molecule has 0 heterocycles. The van der Waals surface area contributed by atoms with Crippen LogP contribution in [0, 0.1) is 17.8 Å². The Bertz CT molecular complexity index is 122. The Morgan fingerprint density at radius 1 is 1.50 bits per heavy atom. The summed E-state index contributed by atoms with van der Waals surface area (Å²) in [5, 5.41) is 0. The Labute approximate surface area is 64.3 Å². The van der Waals surface area contributed by atoms with E-state index < -0.39 is 0 Å². The molecular formula is C10H18. The van der Waals surface area contributed by atoms with Crippen molar-refractivity contribution < 1.29 is 0 Å². The van der Waals surface area contributed by atoms with Crippen LogP contribution >= 0.6 is 0 Å². The molecule has 1 aliphatic rings. The van der Waals surface area contributed by atoms with Crippen LogP contribution in [-0.4, -0.2) is 0 Å². The number of rotatable bonds is 3. The molecule has 58 valence electrons. The zero-order valence-corrected chi connectivity index (χ0v) is 7.30. The number of hydrogen-bond donors (Lipinski definition) is 0. The van der Waals surface area contributed by atoms with Crippen LogP contribution < -0.4 is 0 Å². The van der Waals surface area contributed by atoms with E-state index in [4.69, 9.17) is 0 Å². The van der Waals surface area contributed by atoms with Crippen LogP contribution in [0.15, 0.2) is 12.2 Å². The minimum absolute atomic E-state index is 0.731. The van der Waals surface area contributed by atoms with E-state index in [0.717, 1.165) is 17.8 Å². The molecule has 0 heteroatoms. The van der Waals surface area contributed by atoms with Crippen molar-refractivity contribution in [1.82, 2.24) is 0 Å². The van der Waals surface area contributed by atoms with E-state index in [-0.39, 0.29) is 0 Å². The van der Waals surface area contributed by atoms with Gasteiger partial charge >= 0.3 is 0 Å². The molecule has 0 spiro atoms. The lowest BCUT2D eigenvalue weighted by molar-refractivity contribution is 0.752. The topological polar surface area (TPSA) is 0 Å². The maximum absolute atomic E-state index is 2.35. The zero-order chi connectivity index (χ0) is 7.56. The highest BCUT2D eigenvalue weighted by molar-refractivity contribution is 4.93. The first-order valence-corrected chi connectivity index (χ1v) is 4.37. The minimum Gasteiger partial charge on any atom is -0.0880 e. The van der Waals surface area contributed by atoms with Crippen molar-refractivity contribution >= 4 is 0 Å². The SMILES string of the molecule is CC(C)C=CCC1C[C@@H]1C. The lowest BCUT2D eigenvalue weighted by Gasteiger charge is -1.92. The van der Waals surface area contributed by atoms with Crippen molar-refractivity contribution in [2.45, 2.75) is 33.6 Å². The predicted octanol–water partition coefficient (Wildman–Crippen LogP) is 3.24. The van der Waals surface area contributed by atoms with Crippen LogP contribution in [0.5, 0.6) is 0 Å². The Morgan fingerprint density at radius 3 is 2.50 bits per heavy atom. The molecule has 0 aromatic rings. The first kappa shape index (κ1) is 7.84. The summed E-state index contributed by atoms with van der Waals surface area (Å²) >= 11 is 0. The standard InChI is InChI=1S/C10H18/c1-8(2)5-4-6-10-7-9(10)3/h4-5,8-10H,6-7H2,1-3H3/t9-,10?/m0/s1. The average molecular weight is 138 g/mol. The Hall–Kier alpha value is -0.260. The van der Waals surface area contributed by atoms with E-state index in [9.17, 15) is 0 Å². The molecule has 0 nitrogen and oxygen atoms in total. The molecule has 0 aromatic carbocycles. The molecular weight excluding hydrogens is 120 g/mol. The summed E-state index contributed by atoms with van der Waals surface area (Å²) in [6.45, 7) is 6.80. The first-order valence-electron chi connectivity index (χ1n) is 4.37. The van der Waals surface area contributed by atoms with Gasteiger partial charge in [0.15, 0.2) is 0 Å². The van der Waals surface area contributed by atoms with Crippen LogP contribution in [0.3, 0.4) is 0 Å². The molecule has 0 radical (unpaired) electrons. The Morgan fingerprint density at radius 2 is 2.10 bits per heavy atom. The van der Waals surface area contributed by atoms with Gasteiger partial charge in [-0.1, -0.05) is 32.9 Å². The van der Waals surface area contributed by atoms with Crippen LogP contribution in [-0.2, 0) is 0 Å². The van der Waals surface area contributed by atoms with E-state index in [1.165, 1.54) is 12.8 Å². The molecule has 0 amide bonds. The van der Waals surface area contributed by atoms with E-state index >= 15 is 0 Å². The molecule has 1 rings (SSSR count). The van der Waals surface area contributed by atoms with Crippen LogP contribution in [0.1, 0.15) is 33.6 Å². The summed E-state index contributed by atoms with van der Waals surface area (Å²) in [7, 11) is 0. The predicted molar refractivity (Wildman–Crippen MR) is 45.9 cm³/mol. The zero-order valence-electron chi connectivity index (χ0n) is 7.30. The van der Waals surface area contributed by atoms with Gasteiger partial charge in [-0.3, -0.25) is 0 Å². The Kier molecular flexibility index (Phi) is 2.53. The summed E-state index contributed by atoms with van der Waals surface area (Å²) in [4.78, 5) is 0. The molecule has 0 aliphatic heterocycles. The molecule has 0 N–H and O–H groups in total. The normalized spacial score (nSPS) is 32.0. The van der Waals surface area contributed by atoms with Gasteiger partial charge in [0.2, 0.25) is 0 Å². The third kappa shape index (κ3) is 2.55. The second-order valence-electron chi connectivity index (χ2n) is 3.88. The van der Waals surface area contributed by atoms with Crippen molar-refractivity contribution in [1.29, 1.82) is 0 Å². The fourth-order valence-electron chi connectivity index (χ4n) is 1.25. The molecule has 0 bridgehead atoms. The molecule has 1 saturated carbocycles. The van der Waals surface area contributed by atoms with Gasteiger partial charge in [0.25, 0.3) is 0 Å². The maximum atomic E-state index is 2.35. The van der Waals surface area contributed by atoms with Crippen molar-refractivity contribution in [2.75, 3.05) is 0 Å². The second kappa shape index (κ2) is 3.23. The molecule has 1 fully saturated rings. The smallest absolute Gasteiger partial charge is 0.0290 e. The van der Waals surface area contributed by atoms with E-state index in [0.29, 0.717) is 0 Å². The van der Waals surface area contributed by atoms with E-state index in [1.54, 1.807) is 0 Å². The van der Waals surface area contributed by atoms with Gasteiger partial charge in [-0.15, -0.1) is 0 Å². The Balaban J connectivity index is 2.05. The van der Waals surface area contributed by atoms with Crippen molar-refractivity contribution in [2.24, 2.45) is 17.8 Å². The van der Waals surface area contributed by atoms with Gasteiger partial charge < -0.3 is 0 Å².